The number of nitrogens with zero attached hydrogens (tertiary/aromatic N) is 2. The van der Waals surface area contributed by atoms with E-state index in [4.69, 9.17) is 0 Å². The van der Waals surface area contributed by atoms with Gasteiger partial charge in [-0.3, -0.25) is 4.79 Å². The Hall–Kier alpha value is -1.26. The van der Waals surface area contributed by atoms with Crippen molar-refractivity contribution in [1.29, 1.82) is 0 Å². The summed E-state index contributed by atoms with van der Waals surface area (Å²) < 4.78 is 0. The smallest absolute Gasteiger partial charge is 0.317 e. The fourth-order valence-electron chi connectivity index (χ4n) is 2.82. The summed E-state index contributed by atoms with van der Waals surface area (Å²) in [6.07, 6.45) is 4.48. The van der Waals surface area contributed by atoms with Crippen LogP contribution in [0.3, 0.4) is 0 Å². The highest BCUT2D eigenvalue weighted by Crippen LogP contribution is 2.26. The lowest BCUT2D eigenvalue weighted by Crippen LogP contribution is -2.54. The average Bonchev–Trinajstić information content (AvgIpc) is 2.92. The van der Waals surface area contributed by atoms with E-state index < -0.39 is 0 Å². The molecule has 3 amide bonds. The normalized spacial score (nSPS) is 21.2. The maximum atomic E-state index is 12.2. The summed E-state index contributed by atoms with van der Waals surface area (Å²) in [6, 6.07) is -0.00883. The molecule has 0 aromatic heterocycles. The fourth-order valence-corrected chi connectivity index (χ4v) is 2.82. The van der Waals surface area contributed by atoms with Crippen molar-refractivity contribution in [1.82, 2.24) is 15.1 Å². The number of urea groups is 1. The Morgan fingerprint density at radius 2 is 1.61 bits per heavy atom. The third-order valence-electron chi connectivity index (χ3n) is 3.91. The molecule has 1 N–H and O–H groups in total. The summed E-state index contributed by atoms with van der Waals surface area (Å²) >= 11 is 0. The predicted molar refractivity (Wildman–Crippen MR) is 69.2 cm³/mol. The lowest BCUT2D eigenvalue weighted by atomic mass is 10.1. The van der Waals surface area contributed by atoms with Crippen molar-refractivity contribution < 1.29 is 9.59 Å². The van der Waals surface area contributed by atoms with Crippen molar-refractivity contribution in [3.8, 4) is 0 Å². The molecule has 2 rings (SSSR count). The summed E-state index contributed by atoms with van der Waals surface area (Å²) in [5, 5.41) is 2.80. The van der Waals surface area contributed by atoms with Gasteiger partial charge in [0.05, 0.1) is 0 Å². The van der Waals surface area contributed by atoms with Crippen molar-refractivity contribution in [3.05, 3.63) is 0 Å². The van der Waals surface area contributed by atoms with E-state index in [2.05, 4.69) is 5.32 Å². The van der Waals surface area contributed by atoms with Gasteiger partial charge in [-0.15, -0.1) is 0 Å². The van der Waals surface area contributed by atoms with Crippen LogP contribution in [0.2, 0.25) is 0 Å². The van der Waals surface area contributed by atoms with Crippen molar-refractivity contribution in [2.24, 2.45) is 5.92 Å². The monoisotopic (exact) mass is 253 g/mol. The molecule has 0 aromatic rings. The number of hydrogen-bond acceptors (Lipinski definition) is 2. The highest BCUT2D eigenvalue weighted by atomic mass is 16.2. The first-order chi connectivity index (χ1) is 8.72. The molecule has 0 atom stereocenters. The highest BCUT2D eigenvalue weighted by Gasteiger charge is 2.30. The largest absolute Gasteiger partial charge is 0.339 e. The molecule has 0 radical (unpaired) electrons. The SMILES string of the molecule is CCNC(=O)N1CCN(C(=O)C2CCCC2)CC1. The van der Waals surface area contributed by atoms with Gasteiger partial charge in [-0.25, -0.2) is 4.79 Å². The number of hydrogen-bond donors (Lipinski definition) is 1. The van der Waals surface area contributed by atoms with Crippen LogP contribution in [0.15, 0.2) is 0 Å². The minimum atomic E-state index is -0.00883. The van der Waals surface area contributed by atoms with Crippen LogP contribution in [0.5, 0.6) is 0 Å². The number of carbonyl (C=O) groups excluding carboxylic acids is 2. The Labute approximate surface area is 108 Å². The summed E-state index contributed by atoms with van der Waals surface area (Å²) in [7, 11) is 0. The van der Waals surface area contributed by atoms with Crippen molar-refractivity contribution >= 4 is 11.9 Å². The summed E-state index contributed by atoms with van der Waals surface area (Å²) in [4.78, 5) is 27.6. The Kier molecular flexibility index (Phi) is 4.44. The van der Waals surface area contributed by atoms with Gasteiger partial charge in [-0.2, -0.15) is 0 Å². The molecule has 0 spiro atoms. The van der Waals surface area contributed by atoms with Crippen LogP contribution in [0.1, 0.15) is 32.6 Å². The molecular weight excluding hydrogens is 230 g/mol. The van der Waals surface area contributed by atoms with E-state index in [1.54, 1.807) is 4.90 Å². The molecule has 0 bridgehead atoms. The van der Waals surface area contributed by atoms with Gasteiger partial charge in [0.15, 0.2) is 0 Å². The molecule has 1 heterocycles. The molecule has 5 nitrogen and oxygen atoms in total. The molecule has 2 fully saturated rings. The molecule has 1 aliphatic heterocycles. The van der Waals surface area contributed by atoms with Crippen LogP contribution in [0.25, 0.3) is 0 Å². The van der Waals surface area contributed by atoms with Gasteiger partial charge >= 0.3 is 6.03 Å². The molecule has 2 aliphatic rings. The van der Waals surface area contributed by atoms with E-state index in [-0.39, 0.29) is 11.9 Å². The van der Waals surface area contributed by atoms with Crippen molar-refractivity contribution in [3.63, 3.8) is 0 Å². The lowest BCUT2D eigenvalue weighted by Gasteiger charge is -2.35. The lowest BCUT2D eigenvalue weighted by molar-refractivity contribution is -0.136. The van der Waals surface area contributed by atoms with Crippen LogP contribution in [0.4, 0.5) is 4.79 Å². The molecule has 1 saturated carbocycles. The zero-order valence-corrected chi connectivity index (χ0v) is 11.2. The minimum Gasteiger partial charge on any atom is -0.339 e. The van der Waals surface area contributed by atoms with Crippen LogP contribution in [-0.4, -0.2) is 54.5 Å². The van der Waals surface area contributed by atoms with Crippen molar-refractivity contribution in [2.45, 2.75) is 32.6 Å². The number of rotatable bonds is 2. The fraction of sp³-hybridized carbons (Fsp3) is 0.846. The van der Waals surface area contributed by atoms with E-state index in [1.165, 1.54) is 12.8 Å². The zero-order valence-electron chi connectivity index (χ0n) is 11.2. The molecule has 1 aliphatic carbocycles. The number of amides is 3. The second-order valence-corrected chi connectivity index (χ2v) is 5.13. The van der Waals surface area contributed by atoms with Crippen LogP contribution in [0, 0.1) is 5.92 Å². The standard InChI is InChI=1S/C13H23N3O2/c1-2-14-13(18)16-9-7-15(8-10-16)12(17)11-5-3-4-6-11/h11H,2-10H2,1H3,(H,14,18). The zero-order chi connectivity index (χ0) is 13.0. The summed E-state index contributed by atoms with van der Waals surface area (Å²) in [5.74, 6) is 0.559. The average molecular weight is 253 g/mol. The van der Waals surface area contributed by atoms with Gasteiger partial charge in [0.1, 0.15) is 0 Å². The molecule has 5 heteroatoms. The molecule has 0 unspecified atom stereocenters. The van der Waals surface area contributed by atoms with E-state index in [9.17, 15) is 9.59 Å². The Balaban J connectivity index is 1.79. The molecular formula is C13H23N3O2. The molecule has 0 aromatic carbocycles. The van der Waals surface area contributed by atoms with Crippen molar-refractivity contribution in [2.75, 3.05) is 32.7 Å². The number of piperazine rings is 1. The number of nitrogens with one attached hydrogen (secondary N) is 1. The first-order valence-electron chi connectivity index (χ1n) is 7.04. The third kappa shape index (κ3) is 2.94. The van der Waals surface area contributed by atoms with Gasteiger partial charge in [-0.05, 0) is 19.8 Å². The Morgan fingerprint density at radius 3 is 2.17 bits per heavy atom. The van der Waals surface area contributed by atoms with Crippen LogP contribution in [-0.2, 0) is 4.79 Å². The van der Waals surface area contributed by atoms with Crippen LogP contribution < -0.4 is 5.32 Å². The second-order valence-electron chi connectivity index (χ2n) is 5.13. The highest BCUT2D eigenvalue weighted by molar-refractivity contribution is 5.80. The Morgan fingerprint density at radius 1 is 1.06 bits per heavy atom. The van der Waals surface area contributed by atoms with E-state index in [1.807, 2.05) is 11.8 Å². The first-order valence-corrected chi connectivity index (χ1v) is 7.04. The van der Waals surface area contributed by atoms with Crippen LogP contribution >= 0.6 is 0 Å². The number of carbonyl (C=O) groups is 2. The Bertz CT molecular complexity index is 305. The predicted octanol–water partition coefficient (Wildman–Crippen LogP) is 1.05. The van der Waals surface area contributed by atoms with E-state index >= 15 is 0 Å². The molecule has 1 saturated heterocycles. The second kappa shape index (κ2) is 6.07. The minimum absolute atomic E-state index is 0.00883. The summed E-state index contributed by atoms with van der Waals surface area (Å²) in [6.45, 7) is 5.26. The van der Waals surface area contributed by atoms with Gasteiger partial charge in [0, 0.05) is 38.6 Å². The van der Waals surface area contributed by atoms with E-state index in [0.29, 0.717) is 38.6 Å². The third-order valence-corrected chi connectivity index (χ3v) is 3.91. The molecule has 18 heavy (non-hydrogen) atoms. The first kappa shape index (κ1) is 13.2. The maximum Gasteiger partial charge on any atom is 0.317 e. The topological polar surface area (TPSA) is 52.7 Å². The summed E-state index contributed by atoms with van der Waals surface area (Å²) in [5.41, 5.74) is 0. The molecule has 102 valence electrons. The van der Waals surface area contributed by atoms with Gasteiger partial charge in [0.25, 0.3) is 0 Å². The van der Waals surface area contributed by atoms with E-state index in [0.717, 1.165) is 12.8 Å². The van der Waals surface area contributed by atoms with Gasteiger partial charge in [0.2, 0.25) is 5.91 Å². The van der Waals surface area contributed by atoms with Gasteiger partial charge in [-0.1, -0.05) is 12.8 Å². The quantitative estimate of drug-likeness (QED) is 0.799. The maximum absolute atomic E-state index is 12.2. The van der Waals surface area contributed by atoms with Gasteiger partial charge < -0.3 is 15.1 Å².